The maximum atomic E-state index is 13.3. The Morgan fingerprint density at radius 3 is 2.64 bits per heavy atom. The third-order valence-electron chi connectivity index (χ3n) is 3.28. The number of rotatable bonds is 3. The lowest BCUT2D eigenvalue weighted by Crippen LogP contribution is -2.14. The van der Waals surface area contributed by atoms with Crippen molar-refractivity contribution in [3.63, 3.8) is 0 Å². The van der Waals surface area contributed by atoms with Crippen LogP contribution in [-0.4, -0.2) is 10.9 Å². The van der Waals surface area contributed by atoms with E-state index in [4.69, 9.17) is 0 Å². The summed E-state index contributed by atoms with van der Waals surface area (Å²) in [6.45, 7) is 0. The van der Waals surface area contributed by atoms with E-state index >= 15 is 0 Å². The minimum absolute atomic E-state index is 0.0115. The third kappa shape index (κ3) is 2.81. The van der Waals surface area contributed by atoms with Crippen molar-refractivity contribution in [1.82, 2.24) is 4.98 Å². The molecule has 1 heterocycles. The number of halogens is 3. The molecule has 0 saturated carbocycles. The summed E-state index contributed by atoms with van der Waals surface area (Å²) in [6.07, 6.45) is 1.61. The Morgan fingerprint density at radius 2 is 1.86 bits per heavy atom. The van der Waals surface area contributed by atoms with Gasteiger partial charge in [0.05, 0.1) is 6.42 Å². The van der Waals surface area contributed by atoms with E-state index in [-0.39, 0.29) is 12.1 Å². The van der Waals surface area contributed by atoms with E-state index < -0.39 is 23.4 Å². The number of carbonyl (C=O) groups is 1. The van der Waals surface area contributed by atoms with Gasteiger partial charge in [-0.2, -0.15) is 0 Å². The summed E-state index contributed by atoms with van der Waals surface area (Å²) in [4.78, 5) is 14.9. The molecule has 22 heavy (non-hydrogen) atoms. The topological polar surface area (TPSA) is 44.9 Å². The Bertz CT molecular complexity index is 858. The van der Waals surface area contributed by atoms with Gasteiger partial charge in [0.25, 0.3) is 0 Å². The summed E-state index contributed by atoms with van der Waals surface area (Å²) in [6, 6.07) is 7.36. The van der Waals surface area contributed by atoms with Gasteiger partial charge in [0.2, 0.25) is 5.91 Å². The zero-order chi connectivity index (χ0) is 15.7. The summed E-state index contributed by atoms with van der Waals surface area (Å²) in [5, 5.41) is 3.09. The van der Waals surface area contributed by atoms with Crippen LogP contribution in [0.3, 0.4) is 0 Å². The lowest BCUT2D eigenvalue weighted by Gasteiger charge is -2.05. The third-order valence-corrected chi connectivity index (χ3v) is 3.28. The number of aromatic nitrogens is 1. The van der Waals surface area contributed by atoms with E-state index in [1.165, 1.54) is 18.2 Å². The number of aromatic amines is 1. The molecule has 3 rings (SSSR count). The molecule has 0 aliphatic carbocycles. The molecule has 112 valence electrons. The van der Waals surface area contributed by atoms with Crippen molar-refractivity contribution >= 4 is 22.5 Å². The number of hydrogen-bond donors (Lipinski definition) is 2. The summed E-state index contributed by atoms with van der Waals surface area (Å²) in [5.74, 6) is -2.82. The Morgan fingerprint density at radius 1 is 1.05 bits per heavy atom. The number of hydrogen-bond acceptors (Lipinski definition) is 1. The van der Waals surface area contributed by atoms with Gasteiger partial charge >= 0.3 is 0 Å². The zero-order valence-electron chi connectivity index (χ0n) is 11.3. The molecule has 6 heteroatoms. The van der Waals surface area contributed by atoms with Crippen LogP contribution < -0.4 is 5.32 Å². The molecule has 0 aliphatic heterocycles. The van der Waals surface area contributed by atoms with Crippen molar-refractivity contribution < 1.29 is 18.0 Å². The number of benzene rings is 2. The molecule has 2 aromatic carbocycles. The Hall–Kier alpha value is -2.76. The van der Waals surface area contributed by atoms with Gasteiger partial charge in [-0.05, 0) is 35.9 Å². The minimum Gasteiger partial charge on any atom is -0.361 e. The molecule has 0 atom stereocenters. The van der Waals surface area contributed by atoms with Crippen LogP contribution in [-0.2, 0) is 11.2 Å². The average Bonchev–Trinajstić information content (AvgIpc) is 2.85. The molecule has 0 spiro atoms. The number of anilines is 1. The van der Waals surface area contributed by atoms with Crippen molar-refractivity contribution in [2.75, 3.05) is 5.32 Å². The van der Waals surface area contributed by atoms with Gasteiger partial charge in [0, 0.05) is 28.9 Å². The Balaban J connectivity index is 1.78. The van der Waals surface area contributed by atoms with Crippen molar-refractivity contribution in [2.24, 2.45) is 0 Å². The highest BCUT2D eigenvalue weighted by Crippen LogP contribution is 2.20. The fourth-order valence-corrected chi connectivity index (χ4v) is 2.25. The molecule has 0 fully saturated rings. The van der Waals surface area contributed by atoms with Gasteiger partial charge in [-0.25, -0.2) is 13.2 Å². The summed E-state index contributed by atoms with van der Waals surface area (Å²) in [7, 11) is 0. The van der Waals surface area contributed by atoms with Gasteiger partial charge in [-0.15, -0.1) is 0 Å². The van der Waals surface area contributed by atoms with Crippen LogP contribution in [0.4, 0.5) is 18.9 Å². The minimum atomic E-state index is -1.04. The fraction of sp³-hybridized carbons (Fsp3) is 0.0625. The number of fused-ring (bicyclic) bond motifs is 1. The van der Waals surface area contributed by atoms with Crippen LogP contribution in [0.25, 0.3) is 10.9 Å². The van der Waals surface area contributed by atoms with Crippen LogP contribution in [0.15, 0.2) is 42.6 Å². The van der Waals surface area contributed by atoms with Gasteiger partial charge in [-0.1, -0.05) is 0 Å². The zero-order valence-corrected chi connectivity index (χ0v) is 11.3. The number of H-pyrrole nitrogens is 1. The van der Waals surface area contributed by atoms with Crippen LogP contribution in [0, 0.1) is 17.5 Å². The smallest absolute Gasteiger partial charge is 0.228 e. The second kappa shape index (κ2) is 5.55. The number of carbonyl (C=O) groups excluding carboxylic acids is 1. The second-order valence-electron chi connectivity index (χ2n) is 4.86. The summed E-state index contributed by atoms with van der Waals surface area (Å²) < 4.78 is 39.2. The first-order valence-corrected chi connectivity index (χ1v) is 6.53. The molecule has 1 aromatic heterocycles. The monoisotopic (exact) mass is 304 g/mol. The first-order chi connectivity index (χ1) is 10.5. The molecule has 2 N–H and O–H groups in total. The molecule has 3 aromatic rings. The molecule has 0 unspecified atom stereocenters. The SMILES string of the molecule is O=C(Cc1c[nH]c2ccc(F)cc12)Nc1ccc(F)c(F)c1. The molecular weight excluding hydrogens is 293 g/mol. The highest BCUT2D eigenvalue weighted by molar-refractivity contribution is 5.95. The molecular formula is C16H11F3N2O. The lowest BCUT2D eigenvalue weighted by molar-refractivity contribution is -0.115. The van der Waals surface area contributed by atoms with E-state index in [1.54, 1.807) is 12.3 Å². The van der Waals surface area contributed by atoms with Gasteiger partial charge in [0.1, 0.15) is 5.82 Å². The standard InChI is InChI=1S/C16H11F3N2O/c17-10-1-4-15-12(6-10)9(8-20-15)5-16(22)21-11-2-3-13(18)14(19)7-11/h1-4,6-8,20H,5H2,(H,21,22). The summed E-state index contributed by atoms with van der Waals surface area (Å²) in [5.41, 5.74) is 1.50. The summed E-state index contributed by atoms with van der Waals surface area (Å²) >= 11 is 0. The van der Waals surface area contributed by atoms with Crippen LogP contribution >= 0.6 is 0 Å². The van der Waals surface area contributed by atoms with E-state index in [0.717, 1.165) is 17.6 Å². The van der Waals surface area contributed by atoms with Gasteiger partial charge < -0.3 is 10.3 Å². The van der Waals surface area contributed by atoms with Crippen LogP contribution in [0.1, 0.15) is 5.56 Å². The van der Waals surface area contributed by atoms with E-state index in [9.17, 15) is 18.0 Å². The van der Waals surface area contributed by atoms with Gasteiger partial charge in [-0.3, -0.25) is 4.79 Å². The highest BCUT2D eigenvalue weighted by Gasteiger charge is 2.11. The van der Waals surface area contributed by atoms with E-state index in [1.807, 2.05) is 0 Å². The second-order valence-corrected chi connectivity index (χ2v) is 4.86. The molecule has 1 amide bonds. The van der Waals surface area contributed by atoms with E-state index in [0.29, 0.717) is 10.9 Å². The largest absolute Gasteiger partial charge is 0.361 e. The van der Waals surface area contributed by atoms with Crippen molar-refractivity contribution in [1.29, 1.82) is 0 Å². The van der Waals surface area contributed by atoms with Gasteiger partial charge in [0.15, 0.2) is 11.6 Å². The first kappa shape index (κ1) is 14.2. The van der Waals surface area contributed by atoms with Crippen molar-refractivity contribution in [2.45, 2.75) is 6.42 Å². The average molecular weight is 304 g/mol. The Labute approximate surface area is 123 Å². The normalized spacial score (nSPS) is 10.9. The maximum Gasteiger partial charge on any atom is 0.228 e. The predicted molar refractivity (Wildman–Crippen MR) is 76.9 cm³/mol. The Kier molecular flexibility index (Phi) is 3.58. The van der Waals surface area contributed by atoms with E-state index in [2.05, 4.69) is 10.3 Å². The van der Waals surface area contributed by atoms with Crippen molar-refractivity contribution in [3.8, 4) is 0 Å². The van der Waals surface area contributed by atoms with Crippen LogP contribution in [0.5, 0.6) is 0 Å². The van der Waals surface area contributed by atoms with Crippen molar-refractivity contribution in [3.05, 3.63) is 65.6 Å². The number of amides is 1. The molecule has 3 nitrogen and oxygen atoms in total. The number of nitrogens with one attached hydrogen (secondary N) is 2. The molecule has 0 radical (unpaired) electrons. The first-order valence-electron chi connectivity index (χ1n) is 6.53. The molecule has 0 bridgehead atoms. The maximum absolute atomic E-state index is 13.3. The quantitative estimate of drug-likeness (QED) is 0.760. The fourth-order valence-electron chi connectivity index (χ4n) is 2.25. The van der Waals surface area contributed by atoms with Crippen LogP contribution in [0.2, 0.25) is 0 Å². The molecule has 0 saturated heterocycles. The predicted octanol–water partition coefficient (Wildman–Crippen LogP) is 3.77. The lowest BCUT2D eigenvalue weighted by atomic mass is 10.1. The highest BCUT2D eigenvalue weighted by atomic mass is 19.2. The molecule has 0 aliphatic rings.